The summed E-state index contributed by atoms with van der Waals surface area (Å²) in [4.78, 5) is 26.8. The number of nitrogens with zero attached hydrogens (tertiary/aromatic N) is 3. The normalized spacial score (nSPS) is 14.3. The predicted octanol–water partition coefficient (Wildman–Crippen LogP) is 5.36. The first kappa shape index (κ1) is 23.8. The molecule has 1 aliphatic rings. The number of benzene rings is 1. The van der Waals surface area contributed by atoms with Gasteiger partial charge in [0.2, 0.25) is 5.91 Å². The SMILES string of the molecule is CCC(Sc1nnc2cc(C)c3cc(C)cc(C)c3n12)C(=O)Nc1sc2c(c1C(N)=O)CCCC2. The van der Waals surface area contributed by atoms with Gasteiger partial charge in [-0.3, -0.25) is 14.0 Å². The van der Waals surface area contributed by atoms with Gasteiger partial charge in [0.25, 0.3) is 5.91 Å². The van der Waals surface area contributed by atoms with Gasteiger partial charge >= 0.3 is 0 Å². The van der Waals surface area contributed by atoms with Crippen LogP contribution in [0.3, 0.4) is 0 Å². The Morgan fingerprint density at radius 1 is 1.14 bits per heavy atom. The van der Waals surface area contributed by atoms with Crippen LogP contribution in [-0.4, -0.2) is 31.7 Å². The Hall–Kier alpha value is -2.91. The fourth-order valence-corrected chi connectivity index (χ4v) is 7.31. The van der Waals surface area contributed by atoms with Crippen LogP contribution in [0.5, 0.6) is 0 Å². The smallest absolute Gasteiger partial charge is 0.251 e. The maximum atomic E-state index is 13.4. The number of pyridine rings is 1. The fraction of sp³-hybridized carbons (Fsp3) is 0.385. The Labute approximate surface area is 212 Å². The summed E-state index contributed by atoms with van der Waals surface area (Å²) in [5, 5.41) is 13.9. The Bertz CT molecular complexity index is 1490. The monoisotopic (exact) mass is 507 g/mol. The summed E-state index contributed by atoms with van der Waals surface area (Å²) in [5.74, 6) is -0.629. The highest BCUT2D eigenvalue weighted by Crippen LogP contribution is 2.39. The Morgan fingerprint density at radius 2 is 1.91 bits per heavy atom. The van der Waals surface area contributed by atoms with Crippen molar-refractivity contribution >= 4 is 56.5 Å². The average Bonchev–Trinajstić information content (AvgIpc) is 3.37. The Kier molecular flexibility index (Phi) is 6.31. The molecule has 3 aromatic heterocycles. The Morgan fingerprint density at radius 3 is 2.66 bits per heavy atom. The number of rotatable bonds is 6. The van der Waals surface area contributed by atoms with E-state index in [0.717, 1.165) is 63.8 Å². The first-order valence-corrected chi connectivity index (χ1v) is 13.7. The molecule has 5 rings (SSSR count). The highest BCUT2D eigenvalue weighted by atomic mass is 32.2. The molecule has 0 saturated carbocycles. The van der Waals surface area contributed by atoms with E-state index in [-0.39, 0.29) is 5.91 Å². The lowest BCUT2D eigenvalue weighted by atomic mass is 9.95. The number of hydrogen-bond donors (Lipinski definition) is 2. The average molecular weight is 508 g/mol. The minimum absolute atomic E-state index is 0.153. The molecule has 3 heterocycles. The van der Waals surface area contributed by atoms with Gasteiger partial charge in [-0.2, -0.15) is 0 Å². The zero-order chi connectivity index (χ0) is 24.9. The summed E-state index contributed by atoms with van der Waals surface area (Å²) < 4.78 is 2.05. The van der Waals surface area contributed by atoms with Crippen LogP contribution >= 0.6 is 23.1 Å². The molecular formula is C26H29N5O2S2. The number of carbonyl (C=O) groups is 2. The number of primary amides is 1. The van der Waals surface area contributed by atoms with Crippen LogP contribution in [0.25, 0.3) is 16.6 Å². The lowest BCUT2D eigenvalue weighted by molar-refractivity contribution is -0.115. The van der Waals surface area contributed by atoms with Crippen LogP contribution in [0.1, 0.15) is 63.7 Å². The minimum Gasteiger partial charge on any atom is -0.365 e. The second kappa shape index (κ2) is 9.28. The van der Waals surface area contributed by atoms with Crippen molar-refractivity contribution in [3.63, 3.8) is 0 Å². The van der Waals surface area contributed by atoms with E-state index in [1.165, 1.54) is 28.7 Å². The van der Waals surface area contributed by atoms with E-state index < -0.39 is 11.2 Å². The molecule has 182 valence electrons. The summed E-state index contributed by atoms with van der Waals surface area (Å²) in [7, 11) is 0. The molecule has 0 radical (unpaired) electrons. The van der Waals surface area contributed by atoms with Crippen molar-refractivity contribution in [1.29, 1.82) is 0 Å². The van der Waals surface area contributed by atoms with E-state index in [1.54, 1.807) is 0 Å². The number of anilines is 1. The minimum atomic E-state index is -0.475. The van der Waals surface area contributed by atoms with Crippen molar-refractivity contribution in [3.8, 4) is 0 Å². The van der Waals surface area contributed by atoms with Crippen molar-refractivity contribution in [2.45, 2.75) is 70.2 Å². The maximum absolute atomic E-state index is 13.4. The van der Waals surface area contributed by atoms with Gasteiger partial charge < -0.3 is 11.1 Å². The molecule has 1 aliphatic carbocycles. The first-order valence-electron chi connectivity index (χ1n) is 12.0. The van der Waals surface area contributed by atoms with Crippen LogP contribution in [-0.2, 0) is 17.6 Å². The van der Waals surface area contributed by atoms with Gasteiger partial charge in [-0.05, 0) is 81.7 Å². The van der Waals surface area contributed by atoms with E-state index in [0.29, 0.717) is 22.1 Å². The molecule has 3 N–H and O–H groups in total. The number of amides is 2. The van der Waals surface area contributed by atoms with Crippen molar-refractivity contribution < 1.29 is 9.59 Å². The van der Waals surface area contributed by atoms with E-state index in [9.17, 15) is 9.59 Å². The molecule has 1 unspecified atom stereocenters. The summed E-state index contributed by atoms with van der Waals surface area (Å²) in [6, 6.07) is 6.37. The second-order valence-electron chi connectivity index (χ2n) is 9.26. The first-order chi connectivity index (χ1) is 16.8. The summed E-state index contributed by atoms with van der Waals surface area (Å²) in [6.45, 7) is 8.25. The standard InChI is InChI=1S/C26H29N5O2S2/c1-5-18(24(33)28-25-21(23(27)32)16-8-6-7-9-19(16)34-25)35-26-30-29-20-12-14(3)17-11-13(2)10-15(4)22(17)31(20)26/h10-12,18H,5-9H2,1-4H3,(H2,27,32)(H,28,33). The topological polar surface area (TPSA) is 102 Å². The van der Waals surface area contributed by atoms with Crippen LogP contribution in [0.4, 0.5) is 5.00 Å². The van der Waals surface area contributed by atoms with Crippen LogP contribution < -0.4 is 11.1 Å². The highest BCUT2D eigenvalue weighted by molar-refractivity contribution is 8.00. The number of nitrogens with two attached hydrogens (primary N) is 1. The molecule has 9 heteroatoms. The third-order valence-electron chi connectivity index (χ3n) is 6.66. The van der Waals surface area contributed by atoms with Gasteiger partial charge in [-0.15, -0.1) is 21.5 Å². The summed E-state index contributed by atoms with van der Waals surface area (Å²) in [6.07, 6.45) is 4.50. The molecule has 0 fully saturated rings. The number of nitrogens with one attached hydrogen (secondary N) is 1. The summed E-state index contributed by atoms with van der Waals surface area (Å²) >= 11 is 2.89. The van der Waals surface area contributed by atoms with Gasteiger partial charge in [-0.25, -0.2) is 0 Å². The lowest BCUT2D eigenvalue weighted by Gasteiger charge is -2.15. The second-order valence-corrected chi connectivity index (χ2v) is 11.5. The molecule has 1 atom stereocenters. The highest BCUT2D eigenvalue weighted by Gasteiger charge is 2.28. The predicted molar refractivity (Wildman–Crippen MR) is 143 cm³/mol. The summed E-state index contributed by atoms with van der Waals surface area (Å²) in [5.41, 5.74) is 12.5. The van der Waals surface area contributed by atoms with Gasteiger partial charge in [0.1, 0.15) is 5.00 Å². The van der Waals surface area contributed by atoms with Crippen molar-refractivity contribution in [2.24, 2.45) is 5.73 Å². The van der Waals surface area contributed by atoms with Gasteiger partial charge in [0.15, 0.2) is 10.8 Å². The molecule has 0 bridgehead atoms. The van der Waals surface area contributed by atoms with E-state index >= 15 is 0 Å². The lowest BCUT2D eigenvalue weighted by Crippen LogP contribution is -2.26. The molecule has 7 nitrogen and oxygen atoms in total. The zero-order valence-corrected chi connectivity index (χ0v) is 22.0. The third-order valence-corrected chi connectivity index (χ3v) is 9.18. The quantitative estimate of drug-likeness (QED) is 0.342. The van der Waals surface area contributed by atoms with Crippen LogP contribution in [0.15, 0.2) is 23.4 Å². The molecule has 0 spiro atoms. The largest absolute Gasteiger partial charge is 0.365 e. The number of carbonyl (C=O) groups excluding carboxylic acids is 2. The zero-order valence-electron chi connectivity index (χ0n) is 20.4. The molecule has 2 amide bonds. The molecule has 0 saturated heterocycles. The van der Waals surface area contributed by atoms with Gasteiger partial charge in [0, 0.05) is 10.3 Å². The van der Waals surface area contributed by atoms with Gasteiger partial charge in [-0.1, -0.05) is 30.3 Å². The van der Waals surface area contributed by atoms with E-state index in [4.69, 9.17) is 5.73 Å². The number of aryl methyl sites for hydroxylation is 4. The van der Waals surface area contributed by atoms with E-state index in [2.05, 4.69) is 52.8 Å². The number of thiophene rings is 1. The molecular weight excluding hydrogens is 478 g/mol. The van der Waals surface area contributed by atoms with Gasteiger partial charge in [0.05, 0.1) is 16.3 Å². The number of fused-ring (bicyclic) bond motifs is 4. The van der Waals surface area contributed by atoms with Crippen molar-refractivity contribution in [2.75, 3.05) is 5.32 Å². The van der Waals surface area contributed by atoms with Crippen molar-refractivity contribution in [1.82, 2.24) is 14.6 Å². The molecule has 0 aliphatic heterocycles. The van der Waals surface area contributed by atoms with E-state index in [1.807, 2.05) is 13.0 Å². The number of aromatic nitrogens is 3. The fourth-order valence-electron chi connectivity index (χ4n) is 5.05. The van der Waals surface area contributed by atoms with Crippen LogP contribution in [0.2, 0.25) is 0 Å². The molecule has 1 aromatic carbocycles. The number of hydrogen-bond acceptors (Lipinski definition) is 6. The molecule has 35 heavy (non-hydrogen) atoms. The van der Waals surface area contributed by atoms with Crippen molar-refractivity contribution in [3.05, 3.63) is 50.9 Å². The Balaban J connectivity index is 1.49. The number of thioether (sulfide) groups is 1. The third kappa shape index (κ3) is 4.21. The maximum Gasteiger partial charge on any atom is 0.251 e. The molecule has 4 aromatic rings. The van der Waals surface area contributed by atoms with Crippen LogP contribution in [0, 0.1) is 20.8 Å².